The molecule has 0 aliphatic heterocycles. The standard InChI is InChI=1S/C15H19N3/c1-15(2,10-3-6-12(16)7-4-10)11-5-8-13(17)14(18)9-11/h3-9H,16-18H2,1-2H3. The van der Waals surface area contributed by atoms with E-state index in [2.05, 4.69) is 13.8 Å². The average Bonchev–Trinajstić information content (AvgIpc) is 2.33. The normalized spacial score (nSPS) is 11.4. The quantitative estimate of drug-likeness (QED) is 0.707. The van der Waals surface area contributed by atoms with Crippen LogP contribution in [0.3, 0.4) is 0 Å². The van der Waals surface area contributed by atoms with Gasteiger partial charge in [0.25, 0.3) is 0 Å². The van der Waals surface area contributed by atoms with Crippen molar-refractivity contribution in [2.24, 2.45) is 0 Å². The molecule has 0 saturated heterocycles. The van der Waals surface area contributed by atoms with Crippen LogP contribution in [0.25, 0.3) is 0 Å². The monoisotopic (exact) mass is 241 g/mol. The molecular formula is C15H19N3. The lowest BCUT2D eigenvalue weighted by molar-refractivity contribution is 0.641. The fourth-order valence-electron chi connectivity index (χ4n) is 2.03. The van der Waals surface area contributed by atoms with Gasteiger partial charge in [-0.2, -0.15) is 0 Å². The van der Waals surface area contributed by atoms with Crippen molar-refractivity contribution < 1.29 is 0 Å². The molecule has 2 rings (SSSR count). The fourth-order valence-corrected chi connectivity index (χ4v) is 2.03. The van der Waals surface area contributed by atoms with Gasteiger partial charge in [-0.05, 0) is 35.4 Å². The third kappa shape index (κ3) is 2.12. The minimum atomic E-state index is -0.129. The van der Waals surface area contributed by atoms with Crippen LogP contribution >= 0.6 is 0 Å². The molecule has 0 fully saturated rings. The Morgan fingerprint density at radius 3 is 1.83 bits per heavy atom. The first-order valence-corrected chi connectivity index (χ1v) is 5.93. The molecule has 0 spiro atoms. The Bertz CT molecular complexity index is 556. The average molecular weight is 241 g/mol. The van der Waals surface area contributed by atoms with Crippen LogP contribution in [0.2, 0.25) is 0 Å². The van der Waals surface area contributed by atoms with E-state index in [0.29, 0.717) is 11.4 Å². The van der Waals surface area contributed by atoms with Crippen molar-refractivity contribution in [3.8, 4) is 0 Å². The van der Waals surface area contributed by atoms with Crippen LogP contribution in [0, 0.1) is 0 Å². The van der Waals surface area contributed by atoms with Gasteiger partial charge in [-0.25, -0.2) is 0 Å². The number of hydrogen-bond acceptors (Lipinski definition) is 3. The van der Waals surface area contributed by atoms with Gasteiger partial charge >= 0.3 is 0 Å². The third-order valence-corrected chi connectivity index (χ3v) is 3.44. The smallest absolute Gasteiger partial charge is 0.0550 e. The topological polar surface area (TPSA) is 78.1 Å². The van der Waals surface area contributed by atoms with Gasteiger partial charge in [0, 0.05) is 11.1 Å². The number of nitrogens with two attached hydrogens (primary N) is 3. The second kappa shape index (κ2) is 4.26. The Hall–Kier alpha value is -2.16. The lowest BCUT2D eigenvalue weighted by Gasteiger charge is -2.26. The number of hydrogen-bond donors (Lipinski definition) is 3. The summed E-state index contributed by atoms with van der Waals surface area (Å²) in [6, 6.07) is 13.7. The second-order valence-electron chi connectivity index (χ2n) is 5.09. The second-order valence-corrected chi connectivity index (χ2v) is 5.09. The van der Waals surface area contributed by atoms with Crippen molar-refractivity contribution in [3.05, 3.63) is 53.6 Å². The zero-order chi connectivity index (χ0) is 13.3. The van der Waals surface area contributed by atoms with E-state index in [1.165, 1.54) is 5.56 Å². The zero-order valence-corrected chi connectivity index (χ0v) is 10.8. The lowest BCUT2D eigenvalue weighted by Crippen LogP contribution is -2.19. The van der Waals surface area contributed by atoms with Gasteiger partial charge in [0.1, 0.15) is 0 Å². The van der Waals surface area contributed by atoms with Crippen molar-refractivity contribution in [1.82, 2.24) is 0 Å². The Kier molecular flexibility index (Phi) is 2.91. The van der Waals surface area contributed by atoms with E-state index >= 15 is 0 Å². The Labute approximate surface area is 108 Å². The Morgan fingerprint density at radius 1 is 0.722 bits per heavy atom. The minimum absolute atomic E-state index is 0.129. The van der Waals surface area contributed by atoms with Crippen LogP contribution in [0.15, 0.2) is 42.5 Å². The molecule has 0 atom stereocenters. The molecule has 3 heteroatoms. The molecule has 6 N–H and O–H groups in total. The summed E-state index contributed by atoms with van der Waals surface area (Å²) in [5, 5.41) is 0. The minimum Gasteiger partial charge on any atom is -0.399 e. The summed E-state index contributed by atoms with van der Waals surface area (Å²) in [6.45, 7) is 4.31. The number of benzene rings is 2. The number of nitrogen functional groups attached to an aromatic ring is 3. The summed E-state index contributed by atoms with van der Waals surface area (Å²) in [5.41, 5.74) is 21.6. The van der Waals surface area contributed by atoms with Crippen molar-refractivity contribution >= 4 is 17.1 Å². The highest BCUT2D eigenvalue weighted by Gasteiger charge is 2.23. The Morgan fingerprint density at radius 2 is 1.28 bits per heavy atom. The van der Waals surface area contributed by atoms with E-state index in [1.807, 2.05) is 42.5 Å². The van der Waals surface area contributed by atoms with Crippen LogP contribution in [-0.4, -0.2) is 0 Å². The predicted molar refractivity (Wildman–Crippen MR) is 78.2 cm³/mol. The highest BCUT2D eigenvalue weighted by atomic mass is 14.7. The number of rotatable bonds is 2. The Balaban J connectivity index is 2.46. The molecule has 3 nitrogen and oxygen atoms in total. The third-order valence-electron chi connectivity index (χ3n) is 3.44. The maximum atomic E-state index is 5.87. The van der Waals surface area contributed by atoms with Gasteiger partial charge in [0.2, 0.25) is 0 Å². The summed E-state index contributed by atoms with van der Waals surface area (Å²) in [4.78, 5) is 0. The summed E-state index contributed by atoms with van der Waals surface area (Å²) >= 11 is 0. The van der Waals surface area contributed by atoms with E-state index in [9.17, 15) is 0 Å². The first kappa shape index (κ1) is 12.3. The van der Waals surface area contributed by atoms with Crippen molar-refractivity contribution in [3.63, 3.8) is 0 Å². The molecule has 0 aliphatic rings. The van der Waals surface area contributed by atoms with E-state index < -0.39 is 0 Å². The molecule has 0 radical (unpaired) electrons. The highest BCUT2D eigenvalue weighted by molar-refractivity contribution is 5.65. The summed E-state index contributed by atoms with van der Waals surface area (Å²) in [6.07, 6.45) is 0. The molecule has 0 unspecified atom stereocenters. The molecular weight excluding hydrogens is 222 g/mol. The highest BCUT2D eigenvalue weighted by Crippen LogP contribution is 2.33. The van der Waals surface area contributed by atoms with E-state index in [4.69, 9.17) is 17.2 Å². The molecule has 0 aliphatic carbocycles. The zero-order valence-electron chi connectivity index (χ0n) is 10.8. The fraction of sp³-hybridized carbons (Fsp3) is 0.200. The lowest BCUT2D eigenvalue weighted by atomic mass is 9.78. The number of anilines is 3. The van der Waals surface area contributed by atoms with Crippen LogP contribution in [0.1, 0.15) is 25.0 Å². The van der Waals surface area contributed by atoms with Crippen molar-refractivity contribution in [2.45, 2.75) is 19.3 Å². The van der Waals surface area contributed by atoms with E-state index in [-0.39, 0.29) is 5.41 Å². The van der Waals surface area contributed by atoms with Crippen LogP contribution < -0.4 is 17.2 Å². The van der Waals surface area contributed by atoms with Gasteiger partial charge in [0.15, 0.2) is 0 Å². The van der Waals surface area contributed by atoms with Gasteiger partial charge in [-0.15, -0.1) is 0 Å². The summed E-state index contributed by atoms with van der Waals surface area (Å²) in [7, 11) is 0. The van der Waals surface area contributed by atoms with Crippen molar-refractivity contribution in [2.75, 3.05) is 17.2 Å². The molecule has 0 bridgehead atoms. The van der Waals surface area contributed by atoms with E-state index in [1.54, 1.807) is 0 Å². The molecule has 0 aromatic heterocycles. The first-order valence-electron chi connectivity index (χ1n) is 5.93. The van der Waals surface area contributed by atoms with Gasteiger partial charge in [-0.1, -0.05) is 32.0 Å². The molecule has 18 heavy (non-hydrogen) atoms. The van der Waals surface area contributed by atoms with E-state index in [0.717, 1.165) is 11.3 Å². The largest absolute Gasteiger partial charge is 0.399 e. The molecule has 0 amide bonds. The summed E-state index contributed by atoms with van der Waals surface area (Å²) in [5.74, 6) is 0. The first-order chi connectivity index (χ1) is 8.41. The van der Waals surface area contributed by atoms with Crippen LogP contribution in [0.5, 0.6) is 0 Å². The maximum absolute atomic E-state index is 5.87. The molecule has 2 aromatic rings. The SMILES string of the molecule is CC(C)(c1ccc(N)cc1)c1ccc(N)c(N)c1. The van der Waals surface area contributed by atoms with Crippen LogP contribution in [0.4, 0.5) is 17.1 Å². The van der Waals surface area contributed by atoms with Crippen LogP contribution in [-0.2, 0) is 5.41 Å². The van der Waals surface area contributed by atoms with Gasteiger partial charge < -0.3 is 17.2 Å². The maximum Gasteiger partial charge on any atom is 0.0550 e. The molecule has 0 heterocycles. The van der Waals surface area contributed by atoms with Gasteiger partial charge in [0.05, 0.1) is 11.4 Å². The molecule has 94 valence electrons. The van der Waals surface area contributed by atoms with Gasteiger partial charge in [-0.3, -0.25) is 0 Å². The summed E-state index contributed by atoms with van der Waals surface area (Å²) < 4.78 is 0. The molecule has 0 saturated carbocycles. The molecule has 2 aromatic carbocycles. The predicted octanol–water partition coefficient (Wildman–Crippen LogP) is 2.76. The van der Waals surface area contributed by atoms with Crippen molar-refractivity contribution in [1.29, 1.82) is 0 Å².